The van der Waals surface area contributed by atoms with E-state index >= 15 is 0 Å². The van der Waals surface area contributed by atoms with Crippen LogP contribution in [-0.2, 0) is 9.78 Å². The summed E-state index contributed by atoms with van der Waals surface area (Å²) in [7, 11) is 0. The predicted molar refractivity (Wildman–Crippen MR) is 83.8 cm³/mol. The Labute approximate surface area is 143 Å². The minimum absolute atomic E-state index is 0.0821. The third-order valence-electron chi connectivity index (χ3n) is 3.26. The summed E-state index contributed by atoms with van der Waals surface area (Å²) < 4.78 is 35.7. The lowest BCUT2D eigenvalue weighted by Gasteiger charge is -2.22. The van der Waals surface area contributed by atoms with E-state index in [1.165, 1.54) is 0 Å². The minimum Gasteiger partial charge on any atom is -0.350 e. The van der Waals surface area contributed by atoms with Crippen LogP contribution in [0.15, 0.2) is 24.3 Å². The van der Waals surface area contributed by atoms with Crippen LogP contribution >= 0.6 is 0 Å². The lowest BCUT2D eigenvalue weighted by Crippen LogP contribution is -2.47. The van der Waals surface area contributed by atoms with Crippen molar-refractivity contribution in [3.05, 3.63) is 35.4 Å². The van der Waals surface area contributed by atoms with Gasteiger partial charge in [-0.15, -0.1) is 0 Å². The highest BCUT2D eigenvalue weighted by atomic mass is 19.4. The van der Waals surface area contributed by atoms with Crippen molar-refractivity contribution < 1.29 is 32.5 Å². The first kappa shape index (κ1) is 20.8. The van der Waals surface area contributed by atoms with Crippen LogP contribution in [0.25, 0.3) is 0 Å². The molecule has 1 aromatic rings. The number of rotatable bonds is 7. The molecule has 0 spiro atoms. The molecule has 0 saturated heterocycles. The molecule has 25 heavy (non-hydrogen) atoms. The molecule has 0 bridgehead atoms. The summed E-state index contributed by atoms with van der Waals surface area (Å²) in [5.74, 6) is -0.428. The molecule has 0 fully saturated rings. The van der Waals surface area contributed by atoms with Gasteiger partial charge in [0.15, 0.2) is 6.61 Å². The Morgan fingerprint density at radius 1 is 1.16 bits per heavy atom. The van der Waals surface area contributed by atoms with E-state index in [2.05, 4.69) is 20.4 Å². The van der Waals surface area contributed by atoms with E-state index in [0.29, 0.717) is 5.56 Å². The van der Waals surface area contributed by atoms with Gasteiger partial charge in [0.05, 0.1) is 6.04 Å². The molecule has 0 aromatic heterocycles. The van der Waals surface area contributed by atoms with E-state index in [-0.39, 0.29) is 18.4 Å². The standard InChI is InChI=1S/C16H21F3N2O4/c1-10(2)13(21-15(23)25-24-9-16(17,18)19)8-20-14(22)12-6-4-11(3)5-7-12/h4-7,10,13H,8-9H2,1-3H3,(H,20,22)(H,21,23)/t13-/m1/s1. The van der Waals surface area contributed by atoms with E-state index < -0.39 is 24.9 Å². The second-order valence-electron chi connectivity index (χ2n) is 5.82. The third kappa shape index (κ3) is 8.39. The molecule has 2 amide bonds. The summed E-state index contributed by atoms with van der Waals surface area (Å²) >= 11 is 0. The number of hydrogen-bond acceptors (Lipinski definition) is 4. The Balaban J connectivity index is 2.47. The van der Waals surface area contributed by atoms with Crippen molar-refractivity contribution in [2.24, 2.45) is 5.92 Å². The number of halogens is 3. The van der Waals surface area contributed by atoms with E-state index in [9.17, 15) is 22.8 Å². The van der Waals surface area contributed by atoms with Gasteiger partial charge in [-0.1, -0.05) is 31.5 Å². The van der Waals surface area contributed by atoms with Crippen LogP contribution in [0.2, 0.25) is 0 Å². The van der Waals surface area contributed by atoms with Crippen molar-refractivity contribution in [1.82, 2.24) is 10.6 Å². The molecule has 0 aliphatic rings. The van der Waals surface area contributed by atoms with Gasteiger partial charge in [-0.05, 0) is 25.0 Å². The summed E-state index contributed by atoms with van der Waals surface area (Å²) in [6, 6.07) is 6.38. The molecule has 0 radical (unpaired) electrons. The van der Waals surface area contributed by atoms with Gasteiger partial charge in [0.1, 0.15) is 0 Å². The Morgan fingerprint density at radius 2 is 1.76 bits per heavy atom. The van der Waals surface area contributed by atoms with Gasteiger partial charge in [0.25, 0.3) is 5.91 Å². The van der Waals surface area contributed by atoms with Crippen LogP contribution in [0.4, 0.5) is 18.0 Å². The van der Waals surface area contributed by atoms with Crippen molar-refractivity contribution in [3.8, 4) is 0 Å². The average Bonchev–Trinajstić information content (AvgIpc) is 2.50. The molecular formula is C16H21F3N2O4. The number of carbonyl (C=O) groups is 2. The molecule has 1 atom stereocenters. The lowest BCUT2D eigenvalue weighted by atomic mass is 10.0. The lowest BCUT2D eigenvalue weighted by molar-refractivity contribution is -0.301. The second-order valence-corrected chi connectivity index (χ2v) is 5.82. The molecule has 0 heterocycles. The van der Waals surface area contributed by atoms with E-state index in [1.54, 1.807) is 38.1 Å². The zero-order valence-electron chi connectivity index (χ0n) is 14.1. The van der Waals surface area contributed by atoms with E-state index in [1.807, 2.05) is 6.92 Å². The fraction of sp³-hybridized carbons (Fsp3) is 0.500. The molecule has 0 aliphatic carbocycles. The maximum Gasteiger partial charge on any atom is 0.438 e. The number of amides is 2. The molecule has 140 valence electrons. The highest BCUT2D eigenvalue weighted by Crippen LogP contribution is 2.14. The monoisotopic (exact) mass is 362 g/mol. The van der Waals surface area contributed by atoms with Gasteiger partial charge >= 0.3 is 12.3 Å². The molecule has 6 nitrogen and oxygen atoms in total. The zero-order chi connectivity index (χ0) is 19.0. The summed E-state index contributed by atoms with van der Waals surface area (Å²) in [5, 5.41) is 5.01. The summed E-state index contributed by atoms with van der Waals surface area (Å²) in [6.07, 6.45) is -5.76. The Morgan fingerprint density at radius 3 is 2.28 bits per heavy atom. The number of benzene rings is 1. The highest BCUT2D eigenvalue weighted by Gasteiger charge is 2.29. The van der Waals surface area contributed by atoms with Gasteiger partial charge in [-0.3, -0.25) is 9.68 Å². The SMILES string of the molecule is Cc1ccc(C(=O)NC[C@@H](NC(=O)OOCC(F)(F)F)C(C)C)cc1. The average molecular weight is 362 g/mol. The topological polar surface area (TPSA) is 76.7 Å². The van der Waals surface area contributed by atoms with Crippen LogP contribution in [0, 0.1) is 12.8 Å². The van der Waals surface area contributed by atoms with Crippen molar-refractivity contribution in [1.29, 1.82) is 0 Å². The predicted octanol–water partition coefficient (Wildman–Crippen LogP) is 2.97. The Hall–Kier alpha value is -2.29. The van der Waals surface area contributed by atoms with Crippen molar-refractivity contribution >= 4 is 12.0 Å². The van der Waals surface area contributed by atoms with Crippen molar-refractivity contribution in [2.75, 3.05) is 13.2 Å². The van der Waals surface area contributed by atoms with Crippen molar-refractivity contribution in [3.63, 3.8) is 0 Å². The molecule has 9 heteroatoms. The van der Waals surface area contributed by atoms with Gasteiger partial charge in [0.2, 0.25) is 0 Å². The first-order chi connectivity index (χ1) is 11.6. The molecular weight excluding hydrogens is 341 g/mol. The maximum absolute atomic E-state index is 12.0. The molecule has 1 aromatic carbocycles. The fourth-order valence-corrected chi connectivity index (χ4v) is 1.79. The van der Waals surface area contributed by atoms with Gasteiger partial charge in [-0.2, -0.15) is 18.1 Å². The molecule has 0 unspecified atom stereocenters. The number of aryl methyl sites for hydroxylation is 1. The molecule has 2 N–H and O–H groups in total. The maximum atomic E-state index is 12.0. The van der Waals surface area contributed by atoms with Crippen LogP contribution < -0.4 is 10.6 Å². The quantitative estimate of drug-likeness (QED) is 0.578. The van der Waals surface area contributed by atoms with E-state index in [4.69, 9.17) is 0 Å². The third-order valence-corrected chi connectivity index (χ3v) is 3.26. The fourth-order valence-electron chi connectivity index (χ4n) is 1.79. The second kappa shape index (κ2) is 9.26. The minimum atomic E-state index is -4.60. The summed E-state index contributed by atoms with van der Waals surface area (Å²) in [6.45, 7) is 3.83. The number of hydrogen-bond donors (Lipinski definition) is 2. The van der Waals surface area contributed by atoms with Crippen LogP contribution in [-0.4, -0.2) is 37.4 Å². The molecule has 0 saturated carbocycles. The zero-order valence-corrected chi connectivity index (χ0v) is 14.1. The largest absolute Gasteiger partial charge is 0.438 e. The summed E-state index contributed by atoms with van der Waals surface area (Å²) in [4.78, 5) is 31.3. The number of nitrogens with one attached hydrogen (secondary N) is 2. The Bertz CT molecular complexity index is 574. The Kier molecular flexibility index (Phi) is 7.69. The summed E-state index contributed by atoms with van der Waals surface area (Å²) in [5.41, 5.74) is 1.48. The molecule has 1 rings (SSSR count). The van der Waals surface area contributed by atoms with Gasteiger partial charge in [-0.25, -0.2) is 4.79 Å². The number of alkyl halides is 3. The normalized spacial score (nSPS) is 12.6. The number of carbonyl (C=O) groups excluding carboxylic acids is 2. The first-order valence-corrected chi connectivity index (χ1v) is 7.60. The van der Waals surface area contributed by atoms with E-state index in [0.717, 1.165) is 5.56 Å². The van der Waals surface area contributed by atoms with Crippen LogP contribution in [0.3, 0.4) is 0 Å². The van der Waals surface area contributed by atoms with Crippen LogP contribution in [0.5, 0.6) is 0 Å². The van der Waals surface area contributed by atoms with Crippen molar-refractivity contribution in [2.45, 2.75) is 33.0 Å². The molecule has 0 aliphatic heterocycles. The van der Waals surface area contributed by atoms with Gasteiger partial charge in [0, 0.05) is 12.1 Å². The van der Waals surface area contributed by atoms with Gasteiger partial charge < -0.3 is 10.6 Å². The highest BCUT2D eigenvalue weighted by molar-refractivity contribution is 5.94. The smallest absolute Gasteiger partial charge is 0.350 e. The van der Waals surface area contributed by atoms with Crippen LogP contribution in [0.1, 0.15) is 29.8 Å². The first-order valence-electron chi connectivity index (χ1n) is 7.60.